The zero-order chi connectivity index (χ0) is 14.3. The van der Waals surface area contributed by atoms with Crippen LogP contribution in [-0.4, -0.2) is 62.1 Å². The molecule has 0 aromatic rings. The van der Waals surface area contributed by atoms with Crippen LogP contribution in [-0.2, 0) is 24.7 Å². The zero-order valence-electron chi connectivity index (χ0n) is 10.4. The Hall–Kier alpha value is -0.670. The van der Waals surface area contributed by atoms with E-state index in [4.69, 9.17) is 5.11 Å². The van der Waals surface area contributed by atoms with Gasteiger partial charge < -0.3 is 5.11 Å². The third-order valence-electron chi connectivity index (χ3n) is 3.78. The summed E-state index contributed by atoms with van der Waals surface area (Å²) < 4.78 is 48.4. The molecule has 2 saturated heterocycles. The van der Waals surface area contributed by atoms with Crippen LogP contribution in [0.5, 0.6) is 0 Å². The Bertz CT molecular complexity index is 553. The van der Waals surface area contributed by atoms with E-state index >= 15 is 0 Å². The molecule has 2 fully saturated rings. The van der Waals surface area contributed by atoms with Crippen molar-refractivity contribution >= 4 is 25.8 Å². The van der Waals surface area contributed by atoms with E-state index in [9.17, 15) is 21.6 Å². The summed E-state index contributed by atoms with van der Waals surface area (Å²) in [5, 5.41) is 8.18. The van der Waals surface area contributed by atoms with Gasteiger partial charge in [-0.15, -0.1) is 0 Å². The molecule has 0 aromatic carbocycles. The van der Waals surface area contributed by atoms with Gasteiger partial charge in [0.25, 0.3) is 0 Å². The SMILES string of the molecule is O=C(O)C1CCN(S(=O)(=O)C2CCS(=O)(=O)CC2)C1. The highest BCUT2D eigenvalue weighted by Crippen LogP contribution is 2.27. The van der Waals surface area contributed by atoms with E-state index in [1.807, 2.05) is 0 Å². The van der Waals surface area contributed by atoms with Crippen LogP contribution in [0.25, 0.3) is 0 Å². The maximum Gasteiger partial charge on any atom is 0.307 e. The van der Waals surface area contributed by atoms with Crippen molar-refractivity contribution in [2.45, 2.75) is 24.5 Å². The Morgan fingerprint density at radius 1 is 1.16 bits per heavy atom. The van der Waals surface area contributed by atoms with Crippen molar-refractivity contribution in [3.05, 3.63) is 0 Å². The van der Waals surface area contributed by atoms with E-state index in [-0.39, 0.29) is 37.4 Å². The van der Waals surface area contributed by atoms with Crippen molar-refractivity contribution in [1.82, 2.24) is 4.31 Å². The molecule has 2 rings (SSSR count). The average molecular weight is 311 g/mol. The van der Waals surface area contributed by atoms with E-state index in [2.05, 4.69) is 0 Å². The summed E-state index contributed by atoms with van der Waals surface area (Å²) in [6.07, 6.45) is 0.539. The lowest BCUT2D eigenvalue weighted by Crippen LogP contribution is -2.41. The summed E-state index contributed by atoms with van der Waals surface area (Å²) in [5.74, 6) is -1.84. The van der Waals surface area contributed by atoms with E-state index in [1.165, 1.54) is 4.31 Å². The summed E-state index contributed by atoms with van der Waals surface area (Å²) >= 11 is 0. The van der Waals surface area contributed by atoms with Gasteiger partial charge in [-0.05, 0) is 19.3 Å². The Labute approximate surface area is 112 Å². The molecular formula is C10H17NO6S2. The Balaban J connectivity index is 2.06. The smallest absolute Gasteiger partial charge is 0.307 e. The van der Waals surface area contributed by atoms with E-state index in [0.717, 1.165) is 0 Å². The second kappa shape index (κ2) is 5.02. The standard InChI is InChI=1S/C10H17NO6S2/c12-10(13)8-1-4-11(7-8)19(16,17)9-2-5-18(14,15)6-3-9/h8-9H,1-7H2,(H,12,13). The molecule has 110 valence electrons. The van der Waals surface area contributed by atoms with Gasteiger partial charge in [0.2, 0.25) is 10.0 Å². The number of carbonyl (C=O) groups is 1. The van der Waals surface area contributed by atoms with E-state index in [1.54, 1.807) is 0 Å². The number of rotatable bonds is 3. The highest BCUT2D eigenvalue weighted by atomic mass is 32.2. The third kappa shape index (κ3) is 3.09. The fourth-order valence-electron chi connectivity index (χ4n) is 2.54. The highest BCUT2D eigenvalue weighted by molar-refractivity contribution is 7.92. The molecule has 1 N–H and O–H groups in total. The largest absolute Gasteiger partial charge is 0.481 e. The third-order valence-corrected chi connectivity index (χ3v) is 7.86. The van der Waals surface area contributed by atoms with Gasteiger partial charge in [0.05, 0.1) is 22.7 Å². The molecule has 0 radical (unpaired) electrons. The Morgan fingerprint density at radius 3 is 2.21 bits per heavy atom. The number of nitrogens with zero attached hydrogens (tertiary/aromatic N) is 1. The van der Waals surface area contributed by atoms with Gasteiger partial charge in [-0.1, -0.05) is 0 Å². The molecule has 1 unspecified atom stereocenters. The molecule has 9 heteroatoms. The first kappa shape index (κ1) is 14.7. The topological polar surface area (TPSA) is 109 Å². The van der Waals surface area contributed by atoms with Crippen LogP contribution in [0.3, 0.4) is 0 Å². The van der Waals surface area contributed by atoms with Gasteiger partial charge in [0.15, 0.2) is 0 Å². The minimum atomic E-state index is -3.57. The number of sulfonamides is 1. The molecular weight excluding hydrogens is 294 g/mol. The van der Waals surface area contributed by atoms with Gasteiger partial charge in [-0.2, -0.15) is 0 Å². The molecule has 0 amide bonds. The lowest BCUT2D eigenvalue weighted by molar-refractivity contribution is -0.141. The first-order valence-corrected chi connectivity index (χ1v) is 9.47. The van der Waals surface area contributed by atoms with Crippen molar-refractivity contribution in [2.24, 2.45) is 5.92 Å². The molecule has 2 aliphatic heterocycles. The first-order chi connectivity index (χ1) is 8.72. The van der Waals surface area contributed by atoms with E-state index in [0.29, 0.717) is 6.42 Å². The maximum absolute atomic E-state index is 12.3. The zero-order valence-corrected chi connectivity index (χ0v) is 12.0. The second-order valence-electron chi connectivity index (χ2n) is 5.08. The van der Waals surface area contributed by atoms with Crippen LogP contribution in [0.2, 0.25) is 0 Å². The Kier molecular flexibility index (Phi) is 3.90. The molecule has 19 heavy (non-hydrogen) atoms. The number of hydrogen-bond donors (Lipinski definition) is 1. The minimum absolute atomic E-state index is 0.000909. The molecule has 0 bridgehead atoms. The van der Waals surface area contributed by atoms with Gasteiger partial charge in [-0.3, -0.25) is 4.79 Å². The van der Waals surface area contributed by atoms with Crippen molar-refractivity contribution in [3.8, 4) is 0 Å². The quantitative estimate of drug-likeness (QED) is 0.738. The summed E-state index contributed by atoms with van der Waals surface area (Å²) in [7, 11) is -6.67. The van der Waals surface area contributed by atoms with Crippen LogP contribution in [0.4, 0.5) is 0 Å². The van der Waals surface area contributed by atoms with Gasteiger partial charge in [0, 0.05) is 13.1 Å². The van der Waals surface area contributed by atoms with Crippen molar-refractivity contribution < 1.29 is 26.7 Å². The van der Waals surface area contributed by atoms with Gasteiger partial charge in [-0.25, -0.2) is 21.1 Å². The fourth-order valence-corrected chi connectivity index (χ4v) is 6.33. The minimum Gasteiger partial charge on any atom is -0.481 e. The van der Waals surface area contributed by atoms with Crippen LogP contribution in [0.1, 0.15) is 19.3 Å². The average Bonchev–Trinajstić information content (AvgIpc) is 2.78. The van der Waals surface area contributed by atoms with Crippen LogP contribution >= 0.6 is 0 Å². The number of aliphatic carboxylic acids is 1. The van der Waals surface area contributed by atoms with Crippen molar-refractivity contribution in [1.29, 1.82) is 0 Å². The van der Waals surface area contributed by atoms with Crippen LogP contribution < -0.4 is 0 Å². The lowest BCUT2D eigenvalue weighted by atomic mass is 10.1. The molecule has 2 heterocycles. The molecule has 1 atom stereocenters. The van der Waals surface area contributed by atoms with Crippen molar-refractivity contribution in [2.75, 3.05) is 24.6 Å². The predicted octanol–water partition coefficient (Wildman–Crippen LogP) is -0.700. The maximum atomic E-state index is 12.3. The summed E-state index contributed by atoms with van der Waals surface area (Å²) in [4.78, 5) is 10.8. The number of sulfone groups is 1. The van der Waals surface area contributed by atoms with Crippen molar-refractivity contribution in [3.63, 3.8) is 0 Å². The van der Waals surface area contributed by atoms with Gasteiger partial charge in [0.1, 0.15) is 9.84 Å². The fraction of sp³-hybridized carbons (Fsp3) is 0.900. The second-order valence-corrected chi connectivity index (χ2v) is 9.59. The lowest BCUT2D eigenvalue weighted by Gasteiger charge is -2.26. The number of carboxylic acid groups (broad SMARTS) is 1. The molecule has 7 nitrogen and oxygen atoms in total. The molecule has 0 spiro atoms. The normalized spacial score (nSPS) is 29.4. The summed E-state index contributed by atoms with van der Waals surface area (Å²) in [6.45, 7) is 0.212. The molecule has 0 aromatic heterocycles. The van der Waals surface area contributed by atoms with Crippen LogP contribution in [0, 0.1) is 5.92 Å². The monoisotopic (exact) mass is 311 g/mol. The van der Waals surface area contributed by atoms with Gasteiger partial charge >= 0.3 is 5.97 Å². The first-order valence-electron chi connectivity index (χ1n) is 6.14. The number of hydrogen-bond acceptors (Lipinski definition) is 5. The summed E-state index contributed by atoms with van der Waals surface area (Å²) in [6, 6.07) is 0. The molecule has 0 saturated carbocycles. The van der Waals surface area contributed by atoms with Crippen LogP contribution in [0.15, 0.2) is 0 Å². The van der Waals surface area contributed by atoms with E-state index < -0.39 is 37.0 Å². The molecule has 2 aliphatic rings. The predicted molar refractivity (Wildman–Crippen MR) is 67.9 cm³/mol. The Morgan fingerprint density at radius 2 is 1.74 bits per heavy atom. The summed E-state index contributed by atoms with van der Waals surface area (Å²) in [5.41, 5.74) is 0. The number of carboxylic acids is 1. The highest BCUT2D eigenvalue weighted by Gasteiger charge is 2.41. The molecule has 0 aliphatic carbocycles.